The number of rotatable bonds is 3. The molecule has 0 saturated carbocycles. The van der Waals surface area contributed by atoms with Crippen LogP contribution in [0.5, 0.6) is 0 Å². The van der Waals surface area contributed by atoms with Crippen LogP contribution in [0.4, 0.5) is 15.8 Å². The topological polar surface area (TPSA) is 49.4 Å². The average Bonchev–Trinajstić information content (AvgIpc) is 2.97. The molecule has 26 heavy (non-hydrogen) atoms. The van der Waals surface area contributed by atoms with E-state index in [2.05, 4.69) is 26.1 Å². The van der Waals surface area contributed by atoms with Gasteiger partial charge in [-0.25, -0.2) is 4.39 Å². The predicted molar refractivity (Wildman–Crippen MR) is 101 cm³/mol. The lowest BCUT2D eigenvalue weighted by atomic mass is 9.87. The number of carbonyl (C=O) groups excluding carboxylic acids is 2. The van der Waals surface area contributed by atoms with Crippen molar-refractivity contribution in [3.05, 3.63) is 59.9 Å². The largest absolute Gasteiger partial charge is 0.326 e. The van der Waals surface area contributed by atoms with Crippen molar-refractivity contribution < 1.29 is 14.0 Å². The van der Waals surface area contributed by atoms with Crippen LogP contribution >= 0.6 is 0 Å². The third-order valence-electron chi connectivity index (χ3n) is 4.65. The predicted octanol–water partition coefficient (Wildman–Crippen LogP) is 4.11. The van der Waals surface area contributed by atoms with Crippen molar-refractivity contribution in [3.8, 4) is 0 Å². The van der Waals surface area contributed by atoms with Gasteiger partial charge in [-0.05, 0) is 47.4 Å². The Bertz CT molecular complexity index is 807. The van der Waals surface area contributed by atoms with Crippen LogP contribution in [-0.4, -0.2) is 18.4 Å². The van der Waals surface area contributed by atoms with E-state index in [0.29, 0.717) is 12.2 Å². The number of hydrogen-bond acceptors (Lipinski definition) is 2. The minimum atomic E-state index is -0.421. The first-order valence-corrected chi connectivity index (χ1v) is 8.71. The summed E-state index contributed by atoms with van der Waals surface area (Å²) in [7, 11) is 0. The van der Waals surface area contributed by atoms with E-state index >= 15 is 0 Å². The van der Waals surface area contributed by atoms with Crippen LogP contribution in [0, 0.1) is 11.7 Å². The molecule has 1 N–H and O–H groups in total. The highest BCUT2D eigenvalue weighted by Crippen LogP contribution is 2.27. The molecule has 2 aromatic carbocycles. The second-order valence-corrected chi connectivity index (χ2v) is 7.70. The summed E-state index contributed by atoms with van der Waals surface area (Å²) in [6.45, 7) is 6.70. The average molecular weight is 354 g/mol. The summed E-state index contributed by atoms with van der Waals surface area (Å²) < 4.78 is 13.1. The number of amides is 2. The van der Waals surface area contributed by atoms with Gasteiger partial charge in [-0.3, -0.25) is 9.59 Å². The minimum Gasteiger partial charge on any atom is -0.326 e. The Kier molecular flexibility index (Phi) is 4.81. The molecule has 1 aliphatic heterocycles. The molecule has 136 valence electrons. The van der Waals surface area contributed by atoms with Crippen LogP contribution in [0.25, 0.3) is 0 Å². The number of nitrogens with one attached hydrogen (secondary N) is 1. The number of halogens is 1. The monoisotopic (exact) mass is 354 g/mol. The Morgan fingerprint density at radius 2 is 1.69 bits per heavy atom. The van der Waals surface area contributed by atoms with Gasteiger partial charge in [-0.1, -0.05) is 32.9 Å². The van der Waals surface area contributed by atoms with Gasteiger partial charge >= 0.3 is 0 Å². The molecule has 1 saturated heterocycles. The van der Waals surface area contributed by atoms with E-state index in [1.165, 1.54) is 22.6 Å². The molecule has 4 nitrogen and oxygen atoms in total. The van der Waals surface area contributed by atoms with Crippen molar-refractivity contribution in [1.29, 1.82) is 0 Å². The van der Waals surface area contributed by atoms with Gasteiger partial charge in [0.25, 0.3) is 0 Å². The molecule has 0 aromatic heterocycles. The zero-order valence-corrected chi connectivity index (χ0v) is 15.3. The number of nitrogens with zero attached hydrogens (tertiary/aromatic N) is 1. The Labute approximate surface area is 153 Å². The molecular weight excluding hydrogens is 331 g/mol. The van der Waals surface area contributed by atoms with Crippen LogP contribution in [0.15, 0.2) is 48.5 Å². The third kappa shape index (κ3) is 3.93. The fourth-order valence-corrected chi connectivity index (χ4v) is 3.05. The Hall–Kier alpha value is -2.69. The van der Waals surface area contributed by atoms with Crippen molar-refractivity contribution in [1.82, 2.24) is 0 Å². The molecule has 1 aliphatic rings. The molecule has 1 fully saturated rings. The van der Waals surface area contributed by atoms with E-state index < -0.39 is 5.92 Å². The molecule has 1 heterocycles. The second kappa shape index (κ2) is 6.90. The number of benzene rings is 2. The van der Waals surface area contributed by atoms with Crippen LogP contribution in [0.1, 0.15) is 32.8 Å². The zero-order chi connectivity index (χ0) is 18.9. The molecule has 0 spiro atoms. The Balaban J connectivity index is 1.65. The first-order valence-electron chi connectivity index (χ1n) is 8.71. The fourth-order valence-electron chi connectivity index (χ4n) is 3.05. The van der Waals surface area contributed by atoms with Crippen LogP contribution in [-0.2, 0) is 15.0 Å². The summed E-state index contributed by atoms with van der Waals surface area (Å²) in [5, 5.41) is 2.89. The van der Waals surface area contributed by atoms with Crippen molar-refractivity contribution in [2.24, 2.45) is 5.92 Å². The molecule has 1 unspecified atom stereocenters. The van der Waals surface area contributed by atoms with Gasteiger partial charge in [0.15, 0.2) is 0 Å². The number of hydrogen-bond donors (Lipinski definition) is 1. The molecule has 3 rings (SSSR count). The van der Waals surface area contributed by atoms with Gasteiger partial charge in [0, 0.05) is 24.3 Å². The third-order valence-corrected chi connectivity index (χ3v) is 4.65. The van der Waals surface area contributed by atoms with Gasteiger partial charge in [0.1, 0.15) is 5.82 Å². The van der Waals surface area contributed by atoms with E-state index in [0.717, 1.165) is 5.69 Å². The van der Waals surface area contributed by atoms with Gasteiger partial charge in [0.2, 0.25) is 11.8 Å². The maximum atomic E-state index is 13.1. The summed E-state index contributed by atoms with van der Waals surface area (Å²) >= 11 is 0. The molecule has 0 radical (unpaired) electrons. The second-order valence-electron chi connectivity index (χ2n) is 7.70. The summed E-state index contributed by atoms with van der Waals surface area (Å²) in [5.41, 5.74) is 2.57. The lowest BCUT2D eigenvalue weighted by Crippen LogP contribution is -2.28. The summed E-state index contributed by atoms with van der Waals surface area (Å²) in [5.74, 6) is -1.07. The summed E-state index contributed by atoms with van der Waals surface area (Å²) in [6, 6.07) is 13.5. The van der Waals surface area contributed by atoms with E-state index in [1.807, 2.05) is 24.3 Å². The highest BCUT2D eigenvalue weighted by molar-refractivity contribution is 6.03. The normalized spacial score (nSPS) is 17.5. The molecule has 2 aromatic rings. The summed E-state index contributed by atoms with van der Waals surface area (Å²) in [6.07, 6.45) is 0.156. The standard InChI is InChI=1S/C21H23FN2O2/c1-21(2,3)15-4-8-17(9-5-15)23-20(26)14-12-19(25)24(13-14)18-10-6-16(22)7-11-18/h4-11,14H,12-13H2,1-3H3,(H,23,26). The maximum absolute atomic E-state index is 13.1. The van der Waals surface area contributed by atoms with E-state index in [1.54, 1.807) is 12.1 Å². The van der Waals surface area contributed by atoms with Crippen molar-refractivity contribution in [2.75, 3.05) is 16.8 Å². The zero-order valence-electron chi connectivity index (χ0n) is 15.3. The van der Waals surface area contributed by atoms with E-state index in [9.17, 15) is 14.0 Å². The maximum Gasteiger partial charge on any atom is 0.229 e. The highest BCUT2D eigenvalue weighted by Gasteiger charge is 2.35. The lowest BCUT2D eigenvalue weighted by Gasteiger charge is -2.19. The van der Waals surface area contributed by atoms with Crippen molar-refractivity contribution in [2.45, 2.75) is 32.6 Å². The quantitative estimate of drug-likeness (QED) is 0.902. The Morgan fingerprint density at radius 3 is 2.27 bits per heavy atom. The van der Waals surface area contributed by atoms with Crippen molar-refractivity contribution in [3.63, 3.8) is 0 Å². The molecule has 5 heteroatoms. The fraction of sp³-hybridized carbons (Fsp3) is 0.333. The number of anilines is 2. The van der Waals surface area contributed by atoms with Gasteiger partial charge in [-0.15, -0.1) is 0 Å². The van der Waals surface area contributed by atoms with E-state index in [-0.39, 0.29) is 29.5 Å². The van der Waals surface area contributed by atoms with Crippen LogP contribution < -0.4 is 10.2 Å². The molecule has 1 atom stereocenters. The van der Waals surface area contributed by atoms with Crippen LogP contribution in [0.2, 0.25) is 0 Å². The molecule has 0 bridgehead atoms. The molecular formula is C21H23FN2O2. The van der Waals surface area contributed by atoms with Gasteiger partial charge in [-0.2, -0.15) is 0 Å². The molecule has 0 aliphatic carbocycles. The van der Waals surface area contributed by atoms with Gasteiger partial charge < -0.3 is 10.2 Å². The minimum absolute atomic E-state index is 0.0517. The smallest absolute Gasteiger partial charge is 0.229 e. The highest BCUT2D eigenvalue weighted by atomic mass is 19.1. The van der Waals surface area contributed by atoms with Crippen molar-refractivity contribution >= 4 is 23.2 Å². The lowest BCUT2D eigenvalue weighted by molar-refractivity contribution is -0.122. The Morgan fingerprint density at radius 1 is 1.08 bits per heavy atom. The molecule has 2 amide bonds. The van der Waals surface area contributed by atoms with E-state index in [4.69, 9.17) is 0 Å². The first kappa shape index (κ1) is 18.1. The van der Waals surface area contributed by atoms with Gasteiger partial charge in [0.05, 0.1) is 5.92 Å². The first-order chi connectivity index (χ1) is 12.2. The SMILES string of the molecule is CC(C)(C)c1ccc(NC(=O)C2CC(=O)N(c3ccc(F)cc3)C2)cc1. The summed E-state index contributed by atoms with van der Waals surface area (Å²) in [4.78, 5) is 26.3. The van der Waals surface area contributed by atoms with Crippen LogP contribution in [0.3, 0.4) is 0 Å². The number of carbonyl (C=O) groups is 2.